The molecule has 0 atom stereocenters. The molecule has 0 bridgehead atoms. The maximum Gasteiger partial charge on any atom is 0.188 e. The zero-order valence-electron chi connectivity index (χ0n) is 9.25. The van der Waals surface area contributed by atoms with Crippen molar-refractivity contribution in [2.45, 2.75) is 44.8 Å². The van der Waals surface area contributed by atoms with E-state index in [-0.39, 0.29) is 0 Å². The molecule has 0 aliphatic heterocycles. The SMILES string of the molecule is CC[Si](O)(CC)CCCOCCC#N. The molecule has 0 saturated heterocycles. The monoisotopic (exact) mass is 215 g/mol. The molecule has 0 rings (SSSR count). The maximum atomic E-state index is 10.1. The van der Waals surface area contributed by atoms with Gasteiger partial charge in [-0.1, -0.05) is 13.8 Å². The van der Waals surface area contributed by atoms with Gasteiger partial charge >= 0.3 is 0 Å². The van der Waals surface area contributed by atoms with Crippen molar-refractivity contribution in [3.8, 4) is 6.07 Å². The summed E-state index contributed by atoms with van der Waals surface area (Å²) in [6.45, 7) is 5.32. The molecule has 14 heavy (non-hydrogen) atoms. The van der Waals surface area contributed by atoms with Crippen LogP contribution in [-0.4, -0.2) is 26.3 Å². The Morgan fingerprint density at radius 2 is 1.93 bits per heavy atom. The van der Waals surface area contributed by atoms with Crippen LogP contribution in [0.25, 0.3) is 0 Å². The summed E-state index contributed by atoms with van der Waals surface area (Å²) in [5, 5.41) is 8.27. The van der Waals surface area contributed by atoms with Crippen molar-refractivity contribution < 1.29 is 9.53 Å². The zero-order chi connectivity index (χ0) is 10.9. The van der Waals surface area contributed by atoms with Crippen LogP contribution >= 0.6 is 0 Å². The van der Waals surface area contributed by atoms with Gasteiger partial charge in [0.25, 0.3) is 0 Å². The average molecular weight is 215 g/mol. The minimum absolute atomic E-state index is 0.462. The van der Waals surface area contributed by atoms with Gasteiger partial charge in [-0.2, -0.15) is 5.26 Å². The molecule has 3 nitrogen and oxygen atoms in total. The molecule has 0 aliphatic carbocycles. The Labute approximate surface area is 87.8 Å². The largest absolute Gasteiger partial charge is 0.432 e. The van der Waals surface area contributed by atoms with Gasteiger partial charge in [0.1, 0.15) is 0 Å². The third-order valence-electron chi connectivity index (χ3n) is 2.61. The molecule has 0 fully saturated rings. The molecule has 1 N–H and O–H groups in total. The molecule has 0 radical (unpaired) electrons. The molecule has 0 unspecified atom stereocenters. The number of ether oxygens (including phenoxy) is 1. The van der Waals surface area contributed by atoms with E-state index in [1.165, 1.54) is 0 Å². The molecule has 4 heteroatoms. The highest BCUT2D eigenvalue weighted by atomic mass is 28.4. The molecule has 0 aromatic heterocycles. The van der Waals surface area contributed by atoms with Gasteiger partial charge in [-0.3, -0.25) is 0 Å². The second-order valence-corrected chi connectivity index (χ2v) is 7.92. The van der Waals surface area contributed by atoms with Gasteiger partial charge in [-0.05, 0) is 24.6 Å². The normalized spacial score (nSPS) is 11.3. The van der Waals surface area contributed by atoms with Crippen molar-refractivity contribution in [1.29, 1.82) is 5.26 Å². The van der Waals surface area contributed by atoms with Crippen LogP contribution in [0.15, 0.2) is 0 Å². The number of nitriles is 1. The lowest BCUT2D eigenvalue weighted by Crippen LogP contribution is -2.32. The number of hydrogen-bond acceptors (Lipinski definition) is 3. The van der Waals surface area contributed by atoms with Crippen molar-refractivity contribution in [1.82, 2.24) is 0 Å². The van der Waals surface area contributed by atoms with Crippen molar-refractivity contribution in [3.05, 3.63) is 0 Å². The molecular formula is C10H21NO2Si. The molecule has 0 heterocycles. The zero-order valence-corrected chi connectivity index (χ0v) is 10.3. The van der Waals surface area contributed by atoms with Crippen LogP contribution in [0, 0.1) is 11.3 Å². The Hall–Kier alpha value is -0.373. The van der Waals surface area contributed by atoms with Gasteiger partial charge in [0.15, 0.2) is 8.32 Å². The van der Waals surface area contributed by atoms with Crippen LogP contribution in [0.2, 0.25) is 18.1 Å². The number of nitrogens with zero attached hydrogens (tertiary/aromatic N) is 1. The first-order valence-corrected chi connectivity index (χ1v) is 7.92. The Balaban J connectivity index is 3.39. The third-order valence-corrected chi connectivity index (χ3v) is 6.52. The van der Waals surface area contributed by atoms with Gasteiger partial charge in [-0.25, -0.2) is 0 Å². The van der Waals surface area contributed by atoms with E-state index in [4.69, 9.17) is 10.00 Å². The van der Waals surface area contributed by atoms with Crippen LogP contribution in [0.4, 0.5) is 0 Å². The Morgan fingerprint density at radius 3 is 2.43 bits per heavy atom. The van der Waals surface area contributed by atoms with E-state index in [0.29, 0.717) is 19.6 Å². The predicted octanol–water partition coefficient (Wildman–Crippen LogP) is 2.28. The van der Waals surface area contributed by atoms with Crippen molar-refractivity contribution >= 4 is 8.32 Å². The fraction of sp³-hybridized carbons (Fsp3) is 0.900. The van der Waals surface area contributed by atoms with Gasteiger partial charge in [0, 0.05) is 6.61 Å². The highest BCUT2D eigenvalue weighted by Gasteiger charge is 2.25. The quantitative estimate of drug-likeness (QED) is 0.499. The Kier molecular flexibility index (Phi) is 7.77. The smallest absolute Gasteiger partial charge is 0.188 e. The van der Waals surface area contributed by atoms with Crippen LogP contribution in [-0.2, 0) is 4.74 Å². The maximum absolute atomic E-state index is 10.1. The minimum atomic E-state index is -1.91. The Morgan fingerprint density at radius 1 is 1.29 bits per heavy atom. The van der Waals surface area contributed by atoms with E-state index >= 15 is 0 Å². The fourth-order valence-corrected chi connectivity index (χ4v) is 3.34. The van der Waals surface area contributed by atoms with Crippen LogP contribution < -0.4 is 0 Å². The molecule has 0 aromatic carbocycles. The fourth-order valence-electron chi connectivity index (χ4n) is 1.33. The van der Waals surface area contributed by atoms with Crippen LogP contribution in [0.5, 0.6) is 0 Å². The summed E-state index contributed by atoms with van der Waals surface area (Å²) in [4.78, 5) is 10.1. The summed E-state index contributed by atoms with van der Waals surface area (Å²) in [6.07, 6.45) is 1.39. The minimum Gasteiger partial charge on any atom is -0.432 e. The van der Waals surface area contributed by atoms with Crippen LogP contribution in [0.3, 0.4) is 0 Å². The Bertz CT molecular complexity index is 175. The average Bonchev–Trinajstić information content (AvgIpc) is 2.23. The van der Waals surface area contributed by atoms with E-state index in [1.54, 1.807) is 0 Å². The first-order chi connectivity index (χ1) is 6.68. The first-order valence-electron chi connectivity index (χ1n) is 5.35. The molecule has 0 aromatic rings. The van der Waals surface area contributed by atoms with Gasteiger partial charge in [-0.15, -0.1) is 0 Å². The molecular weight excluding hydrogens is 194 g/mol. The highest BCUT2D eigenvalue weighted by Crippen LogP contribution is 2.18. The second-order valence-electron chi connectivity index (χ2n) is 3.56. The number of rotatable bonds is 8. The summed E-state index contributed by atoms with van der Waals surface area (Å²) < 4.78 is 5.25. The highest BCUT2D eigenvalue weighted by molar-refractivity contribution is 6.72. The first kappa shape index (κ1) is 13.6. The molecule has 0 amide bonds. The van der Waals surface area contributed by atoms with E-state index < -0.39 is 8.32 Å². The molecule has 0 aliphatic rings. The lowest BCUT2D eigenvalue weighted by Gasteiger charge is -2.21. The molecule has 0 spiro atoms. The molecule has 0 saturated carbocycles. The van der Waals surface area contributed by atoms with Crippen molar-refractivity contribution in [2.24, 2.45) is 0 Å². The lowest BCUT2D eigenvalue weighted by molar-refractivity contribution is 0.139. The van der Waals surface area contributed by atoms with Crippen molar-refractivity contribution in [3.63, 3.8) is 0 Å². The summed E-state index contributed by atoms with van der Waals surface area (Å²) in [7, 11) is -1.91. The standard InChI is InChI=1S/C10H21NO2Si/c1-3-14(12,4-2)10-6-9-13-8-5-7-11/h12H,3-6,8-10H2,1-2H3. The lowest BCUT2D eigenvalue weighted by atomic mass is 10.5. The second kappa shape index (κ2) is 7.98. The summed E-state index contributed by atoms with van der Waals surface area (Å²) >= 11 is 0. The van der Waals surface area contributed by atoms with E-state index in [0.717, 1.165) is 24.6 Å². The van der Waals surface area contributed by atoms with Gasteiger partial charge in [0.05, 0.1) is 19.1 Å². The summed E-state index contributed by atoms with van der Waals surface area (Å²) in [5.41, 5.74) is 0. The topological polar surface area (TPSA) is 53.2 Å². The van der Waals surface area contributed by atoms with Crippen molar-refractivity contribution in [2.75, 3.05) is 13.2 Å². The predicted molar refractivity (Wildman–Crippen MR) is 59.4 cm³/mol. The number of hydrogen-bond donors (Lipinski definition) is 1. The van der Waals surface area contributed by atoms with Crippen LogP contribution in [0.1, 0.15) is 26.7 Å². The summed E-state index contributed by atoms with van der Waals surface area (Å²) in [6, 6.07) is 4.82. The van der Waals surface area contributed by atoms with Gasteiger partial charge < -0.3 is 9.53 Å². The summed E-state index contributed by atoms with van der Waals surface area (Å²) in [5.74, 6) is 0. The van der Waals surface area contributed by atoms with Gasteiger partial charge in [0.2, 0.25) is 0 Å². The van der Waals surface area contributed by atoms with E-state index in [9.17, 15) is 4.80 Å². The molecule has 82 valence electrons. The third kappa shape index (κ3) is 6.14. The van der Waals surface area contributed by atoms with E-state index in [2.05, 4.69) is 13.8 Å². The van der Waals surface area contributed by atoms with E-state index in [1.807, 2.05) is 6.07 Å².